The number of thioether (sulfide) groups is 1. The van der Waals surface area contributed by atoms with Gasteiger partial charge in [-0.25, -0.2) is 9.37 Å². The van der Waals surface area contributed by atoms with E-state index < -0.39 is 29.8 Å². The van der Waals surface area contributed by atoms with Crippen molar-refractivity contribution in [3.8, 4) is 0 Å². The number of ether oxygens (including phenoxy) is 1. The van der Waals surface area contributed by atoms with Gasteiger partial charge in [-0.05, 0) is 52.0 Å². The molecule has 0 aromatic carbocycles. The predicted octanol–water partition coefficient (Wildman–Crippen LogP) is 3.04. The highest BCUT2D eigenvalue weighted by atomic mass is 32.2. The first-order chi connectivity index (χ1) is 16.8. The fourth-order valence-electron chi connectivity index (χ4n) is 4.05. The number of anilines is 2. The molecule has 1 heterocycles. The summed E-state index contributed by atoms with van der Waals surface area (Å²) in [6.45, 7) is 15.4. The second kappa shape index (κ2) is 12.6. The molecule has 1 fully saturated rings. The van der Waals surface area contributed by atoms with Crippen molar-refractivity contribution in [3.63, 3.8) is 0 Å². The van der Waals surface area contributed by atoms with Gasteiger partial charge in [-0.15, -0.1) is 0 Å². The number of aromatic nitrogens is 2. The molecular formula is C25H39FN6O3S. The third-order valence-electron chi connectivity index (χ3n) is 6.05. The van der Waals surface area contributed by atoms with Gasteiger partial charge in [0.2, 0.25) is 5.95 Å². The van der Waals surface area contributed by atoms with Crippen molar-refractivity contribution in [2.75, 3.05) is 30.9 Å². The van der Waals surface area contributed by atoms with E-state index in [1.54, 1.807) is 20.1 Å². The average Bonchev–Trinajstić information content (AvgIpc) is 3.07. The minimum atomic E-state index is -1.66. The summed E-state index contributed by atoms with van der Waals surface area (Å²) in [4.78, 5) is 10.4. The number of hydrogen-bond donors (Lipinski definition) is 6. The predicted molar refractivity (Wildman–Crippen MR) is 146 cm³/mol. The smallest absolute Gasteiger partial charge is 0.224 e. The molecule has 0 aliphatic heterocycles. The number of rotatable bonds is 12. The molecule has 36 heavy (non-hydrogen) atoms. The largest absolute Gasteiger partial charge is 0.405 e. The highest BCUT2D eigenvalue weighted by molar-refractivity contribution is 8.12. The first-order valence-corrected chi connectivity index (χ1v) is 12.5. The first-order valence-electron chi connectivity index (χ1n) is 11.7. The lowest BCUT2D eigenvalue weighted by Gasteiger charge is -2.25. The average molecular weight is 523 g/mol. The SMILES string of the molecule is C=C(C)/C(N)=C(\C=C/N)SC(=C)c1c(C)nc(NCCOC)nc1N[C@@H]1C[C@H](C(C)(C)F)[C@@H](O)[C@H]1O. The van der Waals surface area contributed by atoms with E-state index in [0.717, 1.165) is 0 Å². The third-order valence-corrected chi connectivity index (χ3v) is 7.08. The standard InChI is InChI=1S/C25H39FN6O3S/c1-13(2)20(28)18(8-9-27)36-15(4)19-14(3)30-24(29-10-11-35-7)32-23(19)31-17-12-16(25(5,6)26)21(33)22(17)34/h8-9,16-17,21-22,33-34H,1,4,10-12,27-28H2,2-3,5-7H3,(H2,29,30,31,32)/b9-8-,20-18-/t16-,17+,21+,22-/m0/s1. The van der Waals surface area contributed by atoms with Gasteiger partial charge < -0.3 is 37.1 Å². The van der Waals surface area contributed by atoms with Crippen LogP contribution in [0.15, 0.2) is 41.6 Å². The number of aliphatic hydroxyl groups excluding tert-OH is 2. The molecule has 1 aromatic rings. The van der Waals surface area contributed by atoms with Gasteiger partial charge in [0, 0.05) is 35.1 Å². The zero-order valence-corrected chi connectivity index (χ0v) is 22.5. The van der Waals surface area contributed by atoms with Crippen LogP contribution in [0.4, 0.5) is 16.2 Å². The van der Waals surface area contributed by atoms with Crippen LogP contribution in [0.3, 0.4) is 0 Å². The van der Waals surface area contributed by atoms with Crippen LogP contribution < -0.4 is 22.1 Å². The van der Waals surface area contributed by atoms with Crippen molar-refractivity contribution in [2.45, 2.75) is 58.0 Å². The van der Waals surface area contributed by atoms with Gasteiger partial charge in [0.15, 0.2) is 0 Å². The number of hydrogen-bond acceptors (Lipinski definition) is 10. The number of methoxy groups -OCH3 is 1. The molecule has 1 aromatic heterocycles. The summed E-state index contributed by atoms with van der Waals surface area (Å²) in [7, 11) is 1.60. The highest BCUT2D eigenvalue weighted by Gasteiger charge is 2.48. The van der Waals surface area contributed by atoms with E-state index in [2.05, 4.69) is 33.8 Å². The topological polar surface area (TPSA) is 152 Å². The Morgan fingerprint density at radius 3 is 2.50 bits per heavy atom. The summed E-state index contributed by atoms with van der Waals surface area (Å²) in [5.74, 6) is -0.00520. The Morgan fingerprint density at radius 2 is 1.97 bits per heavy atom. The van der Waals surface area contributed by atoms with Crippen LogP contribution in [0.25, 0.3) is 4.91 Å². The van der Waals surface area contributed by atoms with Crippen molar-refractivity contribution in [3.05, 3.63) is 52.9 Å². The summed E-state index contributed by atoms with van der Waals surface area (Å²) >= 11 is 1.28. The summed E-state index contributed by atoms with van der Waals surface area (Å²) in [6, 6.07) is -0.642. The molecule has 0 saturated heterocycles. The van der Waals surface area contributed by atoms with Gasteiger partial charge in [-0.1, -0.05) is 24.9 Å². The Bertz CT molecular complexity index is 1020. The van der Waals surface area contributed by atoms with Crippen LogP contribution in [0, 0.1) is 12.8 Å². The Hall–Kier alpha value is -2.60. The highest BCUT2D eigenvalue weighted by Crippen LogP contribution is 2.42. The molecule has 0 bridgehead atoms. The lowest BCUT2D eigenvalue weighted by Crippen LogP contribution is -2.38. The van der Waals surface area contributed by atoms with Crippen molar-refractivity contribution in [2.24, 2.45) is 17.4 Å². The number of aryl methyl sites for hydroxylation is 1. The number of nitrogens with zero attached hydrogens (tertiary/aromatic N) is 2. The van der Waals surface area contributed by atoms with E-state index in [0.29, 0.717) is 57.3 Å². The van der Waals surface area contributed by atoms with Crippen molar-refractivity contribution < 1.29 is 19.3 Å². The maximum Gasteiger partial charge on any atom is 0.224 e. The van der Waals surface area contributed by atoms with Gasteiger partial charge in [0.1, 0.15) is 17.6 Å². The summed E-state index contributed by atoms with van der Waals surface area (Å²) < 4.78 is 19.8. The monoisotopic (exact) mass is 522 g/mol. The molecule has 1 aliphatic rings. The summed E-state index contributed by atoms with van der Waals surface area (Å²) in [5, 5.41) is 27.5. The molecule has 0 amide bonds. The minimum absolute atomic E-state index is 0.212. The van der Waals surface area contributed by atoms with E-state index in [4.69, 9.17) is 16.2 Å². The molecule has 0 spiro atoms. The molecule has 2 rings (SSSR count). The molecule has 1 aliphatic carbocycles. The van der Waals surface area contributed by atoms with Gasteiger partial charge in [-0.2, -0.15) is 4.98 Å². The van der Waals surface area contributed by atoms with Gasteiger partial charge in [0.25, 0.3) is 0 Å². The number of nitrogens with two attached hydrogens (primary N) is 2. The molecule has 1 saturated carbocycles. The van der Waals surface area contributed by atoms with Gasteiger partial charge in [0.05, 0.1) is 30.0 Å². The zero-order valence-electron chi connectivity index (χ0n) is 21.6. The van der Waals surface area contributed by atoms with Crippen LogP contribution in [0.5, 0.6) is 0 Å². The second-order valence-electron chi connectivity index (χ2n) is 9.36. The van der Waals surface area contributed by atoms with Crippen molar-refractivity contribution >= 4 is 28.4 Å². The van der Waals surface area contributed by atoms with Crippen LogP contribution in [0.1, 0.15) is 38.4 Å². The summed E-state index contributed by atoms with van der Waals surface area (Å²) in [6.07, 6.45) is 0.851. The van der Waals surface area contributed by atoms with Crippen molar-refractivity contribution in [1.82, 2.24) is 9.97 Å². The quantitative estimate of drug-likeness (QED) is 0.178. The maximum atomic E-state index is 14.7. The number of halogens is 1. The normalized spacial score (nSPS) is 23.0. The molecular weight excluding hydrogens is 483 g/mol. The number of nitrogens with one attached hydrogen (secondary N) is 2. The van der Waals surface area contributed by atoms with Gasteiger partial charge >= 0.3 is 0 Å². The first kappa shape index (κ1) is 29.6. The van der Waals surface area contributed by atoms with Crippen LogP contribution >= 0.6 is 11.8 Å². The third kappa shape index (κ3) is 7.22. The molecule has 4 atom stereocenters. The van der Waals surface area contributed by atoms with E-state index >= 15 is 0 Å². The fourth-order valence-corrected chi connectivity index (χ4v) is 5.09. The van der Waals surface area contributed by atoms with Crippen LogP contribution in [0.2, 0.25) is 0 Å². The number of allylic oxidation sites excluding steroid dienone is 2. The van der Waals surface area contributed by atoms with Crippen LogP contribution in [-0.2, 0) is 4.74 Å². The second-order valence-corrected chi connectivity index (χ2v) is 10.5. The lowest BCUT2D eigenvalue weighted by atomic mass is 9.89. The Labute approximate surface area is 217 Å². The number of alkyl halides is 1. The Balaban J connectivity index is 2.49. The lowest BCUT2D eigenvalue weighted by molar-refractivity contribution is -0.0242. The van der Waals surface area contributed by atoms with Crippen molar-refractivity contribution in [1.29, 1.82) is 0 Å². The van der Waals surface area contributed by atoms with E-state index in [-0.39, 0.29) is 6.42 Å². The van der Waals surface area contributed by atoms with Crippen LogP contribution in [-0.4, -0.2) is 64.4 Å². The fraction of sp³-hybridized carbons (Fsp3) is 0.520. The molecule has 9 nitrogen and oxygen atoms in total. The molecule has 200 valence electrons. The molecule has 0 unspecified atom stereocenters. The van der Waals surface area contributed by atoms with E-state index in [1.807, 2.05) is 6.92 Å². The minimum Gasteiger partial charge on any atom is -0.405 e. The maximum absolute atomic E-state index is 14.7. The summed E-state index contributed by atoms with van der Waals surface area (Å²) in [5.41, 5.74) is 12.5. The van der Waals surface area contributed by atoms with E-state index in [9.17, 15) is 14.6 Å². The number of aliphatic hydroxyl groups is 2. The molecule has 0 radical (unpaired) electrons. The van der Waals surface area contributed by atoms with Gasteiger partial charge in [-0.3, -0.25) is 0 Å². The molecule has 11 heteroatoms. The van der Waals surface area contributed by atoms with E-state index in [1.165, 1.54) is 31.8 Å². The molecule has 8 N–H and O–H groups in total. The zero-order chi connectivity index (χ0) is 27.2. The Morgan fingerprint density at radius 1 is 1.31 bits per heavy atom. The Kier molecular flexibility index (Phi) is 10.4.